The van der Waals surface area contributed by atoms with Gasteiger partial charge in [-0.15, -0.1) is 0 Å². The quantitative estimate of drug-likeness (QED) is 0.424. The molecule has 3 N–H and O–H groups in total. The number of hydrogen-bond donors (Lipinski definition) is 3. The molecule has 2 unspecified atom stereocenters. The lowest BCUT2D eigenvalue weighted by molar-refractivity contribution is -0.137. The summed E-state index contributed by atoms with van der Waals surface area (Å²) in [5.74, 6) is -0.392. The minimum absolute atomic E-state index is 0.0146. The molecule has 2 atom stereocenters. The van der Waals surface area contributed by atoms with E-state index in [9.17, 15) is 21.6 Å². The Hall–Kier alpha value is -1.65. The Labute approximate surface area is 143 Å². The molecule has 0 aliphatic carbocycles. The zero-order valence-corrected chi connectivity index (χ0v) is 14.2. The summed E-state index contributed by atoms with van der Waals surface area (Å²) < 4.78 is 68.9. The molecular formula is C15H19F3N2O4S. The number of sulfone groups is 1. The van der Waals surface area contributed by atoms with Gasteiger partial charge in [0.15, 0.2) is 9.84 Å². The van der Waals surface area contributed by atoms with Crippen molar-refractivity contribution >= 4 is 15.7 Å². The van der Waals surface area contributed by atoms with Gasteiger partial charge in [-0.05, 0) is 31.0 Å². The van der Waals surface area contributed by atoms with Crippen LogP contribution in [0.15, 0.2) is 29.2 Å². The fourth-order valence-electron chi connectivity index (χ4n) is 2.99. The van der Waals surface area contributed by atoms with Gasteiger partial charge in [-0.2, -0.15) is 13.2 Å². The second-order valence-corrected chi connectivity index (χ2v) is 8.25. The molecule has 1 saturated heterocycles. The smallest absolute Gasteiger partial charge is 0.370 e. The predicted octanol–water partition coefficient (Wildman–Crippen LogP) is 2.76. The second kappa shape index (κ2) is 6.93. The van der Waals surface area contributed by atoms with Crippen LogP contribution in [0.2, 0.25) is 0 Å². The molecule has 1 aromatic rings. The highest BCUT2D eigenvalue weighted by Gasteiger charge is 2.48. The molecule has 0 spiro atoms. The summed E-state index contributed by atoms with van der Waals surface area (Å²) in [5, 5.41) is 16.4. The van der Waals surface area contributed by atoms with Crippen LogP contribution in [0.4, 0.5) is 13.2 Å². The summed E-state index contributed by atoms with van der Waals surface area (Å²) in [4.78, 5) is -0.409. The first-order valence-corrected chi connectivity index (χ1v) is 9.08. The van der Waals surface area contributed by atoms with E-state index >= 15 is 0 Å². The van der Waals surface area contributed by atoms with E-state index < -0.39 is 43.2 Å². The van der Waals surface area contributed by atoms with Gasteiger partial charge in [0.2, 0.25) is 0 Å². The molecule has 0 amide bonds. The fraction of sp³-hybridized carbons (Fsp3) is 0.533. The number of hydroxylamine groups is 1. The zero-order valence-electron chi connectivity index (χ0n) is 13.4. The maximum absolute atomic E-state index is 13.1. The lowest BCUT2D eigenvalue weighted by Gasteiger charge is -2.39. The van der Waals surface area contributed by atoms with E-state index in [0.717, 1.165) is 18.2 Å². The SMILES string of the molecule is CCC1(S(=O)(=O)c2cccc(C(F)(F)F)c2)CCOC(C(=N)NO)C1. The maximum atomic E-state index is 13.1. The van der Waals surface area contributed by atoms with Crippen molar-refractivity contribution in [3.8, 4) is 0 Å². The first kappa shape index (κ1) is 19.7. The van der Waals surface area contributed by atoms with E-state index in [-0.39, 0.29) is 25.9 Å². The van der Waals surface area contributed by atoms with Gasteiger partial charge >= 0.3 is 6.18 Å². The van der Waals surface area contributed by atoms with E-state index in [1.807, 2.05) is 0 Å². The van der Waals surface area contributed by atoms with Crippen LogP contribution < -0.4 is 5.48 Å². The number of hydrogen-bond acceptors (Lipinski definition) is 5. The number of amidine groups is 1. The summed E-state index contributed by atoms with van der Waals surface area (Å²) in [5.41, 5.74) is 0.597. The Kier molecular flexibility index (Phi) is 5.45. The van der Waals surface area contributed by atoms with Gasteiger partial charge in [-0.1, -0.05) is 13.0 Å². The number of benzene rings is 1. The van der Waals surface area contributed by atoms with Crippen molar-refractivity contribution in [1.29, 1.82) is 5.41 Å². The summed E-state index contributed by atoms with van der Waals surface area (Å²) in [6.07, 6.45) is -5.51. The normalized spacial score (nSPS) is 24.8. The maximum Gasteiger partial charge on any atom is 0.416 e. The molecule has 6 nitrogen and oxygen atoms in total. The van der Waals surface area contributed by atoms with Gasteiger partial charge in [0, 0.05) is 13.0 Å². The van der Waals surface area contributed by atoms with Crippen LogP contribution in [0.3, 0.4) is 0 Å². The Morgan fingerprint density at radius 3 is 2.72 bits per heavy atom. The van der Waals surface area contributed by atoms with Crippen molar-refractivity contribution in [2.24, 2.45) is 0 Å². The zero-order chi connectivity index (χ0) is 18.9. The van der Waals surface area contributed by atoms with Crippen molar-refractivity contribution in [3.05, 3.63) is 29.8 Å². The van der Waals surface area contributed by atoms with E-state index in [4.69, 9.17) is 15.4 Å². The molecule has 0 radical (unpaired) electrons. The lowest BCUT2D eigenvalue weighted by atomic mass is 9.91. The van der Waals surface area contributed by atoms with Crippen molar-refractivity contribution in [1.82, 2.24) is 5.48 Å². The fourth-order valence-corrected chi connectivity index (χ4v) is 5.13. The minimum Gasteiger partial charge on any atom is -0.370 e. The number of halogens is 3. The van der Waals surface area contributed by atoms with Gasteiger partial charge in [0.1, 0.15) is 11.9 Å². The molecule has 25 heavy (non-hydrogen) atoms. The molecule has 1 heterocycles. The number of rotatable bonds is 4. The molecule has 10 heteroatoms. The van der Waals surface area contributed by atoms with Crippen LogP contribution in [0.5, 0.6) is 0 Å². The summed E-state index contributed by atoms with van der Waals surface area (Å²) in [7, 11) is -4.12. The second-order valence-electron chi connectivity index (χ2n) is 5.90. The molecule has 2 rings (SSSR count). The molecule has 1 aromatic carbocycles. The summed E-state index contributed by atoms with van der Waals surface area (Å²) in [6, 6.07) is 3.65. The minimum atomic E-state index is -4.65. The van der Waals surface area contributed by atoms with Crippen molar-refractivity contribution in [2.75, 3.05) is 6.61 Å². The highest BCUT2D eigenvalue weighted by molar-refractivity contribution is 7.92. The number of nitrogens with one attached hydrogen (secondary N) is 2. The van der Waals surface area contributed by atoms with E-state index in [1.165, 1.54) is 0 Å². The van der Waals surface area contributed by atoms with Gasteiger partial charge in [0.25, 0.3) is 0 Å². The summed E-state index contributed by atoms with van der Waals surface area (Å²) in [6.45, 7) is 1.64. The Balaban J connectivity index is 2.47. The highest BCUT2D eigenvalue weighted by Crippen LogP contribution is 2.41. The first-order valence-electron chi connectivity index (χ1n) is 7.59. The average Bonchev–Trinajstić information content (AvgIpc) is 2.60. The van der Waals surface area contributed by atoms with E-state index in [2.05, 4.69) is 0 Å². The van der Waals surface area contributed by atoms with Crippen molar-refractivity contribution in [2.45, 2.75) is 48.1 Å². The van der Waals surface area contributed by atoms with Gasteiger partial charge in [-0.25, -0.2) is 8.42 Å². The van der Waals surface area contributed by atoms with Crippen LogP contribution in [-0.4, -0.2) is 36.9 Å². The number of ether oxygens (including phenoxy) is 1. The van der Waals surface area contributed by atoms with Crippen molar-refractivity contribution < 1.29 is 31.5 Å². The summed E-state index contributed by atoms with van der Waals surface area (Å²) >= 11 is 0. The monoisotopic (exact) mass is 380 g/mol. The van der Waals surface area contributed by atoms with Crippen LogP contribution in [0.1, 0.15) is 31.7 Å². The van der Waals surface area contributed by atoms with Crippen molar-refractivity contribution in [3.63, 3.8) is 0 Å². The predicted molar refractivity (Wildman–Crippen MR) is 83.3 cm³/mol. The largest absolute Gasteiger partial charge is 0.416 e. The molecule has 0 aromatic heterocycles. The molecule has 140 valence electrons. The van der Waals surface area contributed by atoms with E-state index in [1.54, 1.807) is 12.4 Å². The average molecular weight is 380 g/mol. The van der Waals surface area contributed by atoms with Crippen LogP contribution in [0, 0.1) is 5.41 Å². The molecule has 0 bridgehead atoms. The Morgan fingerprint density at radius 2 is 2.16 bits per heavy atom. The molecule has 1 aliphatic heterocycles. The lowest BCUT2D eigenvalue weighted by Crippen LogP contribution is -2.50. The van der Waals surface area contributed by atoms with Crippen LogP contribution in [0.25, 0.3) is 0 Å². The molecule has 0 saturated carbocycles. The van der Waals surface area contributed by atoms with Gasteiger partial charge in [-0.3, -0.25) is 16.1 Å². The first-order chi connectivity index (χ1) is 11.6. The highest BCUT2D eigenvalue weighted by atomic mass is 32.2. The molecule has 1 fully saturated rings. The topological polar surface area (TPSA) is 99.5 Å². The Morgan fingerprint density at radius 1 is 1.48 bits per heavy atom. The molecular weight excluding hydrogens is 361 g/mol. The van der Waals surface area contributed by atoms with Crippen LogP contribution >= 0.6 is 0 Å². The number of alkyl halides is 3. The van der Waals surface area contributed by atoms with E-state index in [0.29, 0.717) is 6.07 Å². The third-order valence-corrected chi connectivity index (χ3v) is 7.24. The van der Waals surface area contributed by atoms with Crippen LogP contribution in [-0.2, 0) is 20.8 Å². The van der Waals surface area contributed by atoms with Gasteiger partial charge < -0.3 is 4.74 Å². The Bertz CT molecular complexity index is 751. The third-order valence-electron chi connectivity index (χ3n) is 4.56. The van der Waals surface area contributed by atoms with Gasteiger partial charge in [0.05, 0.1) is 15.2 Å². The standard InChI is InChI=1S/C15H19F3N2O4S/c1-2-14(6-7-24-12(9-14)13(19)20-21)25(22,23)11-5-3-4-10(8-11)15(16,17)18/h3-5,8,12,21H,2,6-7,9H2,1H3,(H2,19,20). The molecule has 1 aliphatic rings. The third kappa shape index (κ3) is 3.65.